The highest BCUT2D eigenvalue weighted by Crippen LogP contribution is 2.34. The molecule has 0 fully saturated rings. The highest BCUT2D eigenvalue weighted by atomic mass is 35.5. The Labute approximate surface area is 184 Å². The van der Waals surface area contributed by atoms with Gasteiger partial charge in [0.1, 0.15) is 10.8 Å². The van der Waals surface area contributed by atoms with Crippen molar-refractivity contribution >= 4 is 23.2 Å². The van der Waals surface area contributed by atoms with Crippen LogP contribution in [-0.2, 0) is 6.18 Å². The monoisotopic (exact) mass is 462 g/mol. The molecule has 4 aromatic rings. The van der Waals surface area contributed by atoms with E-state index in [9.17, 15) is 22.4 Å². The molecule has 0 aliphatic heterocycles. The van der Waals surface area contributed by atoms with Crippen molar-refractivity contribution in [2.45, 2.75) is 19.1 Å². The van der Waals surface area contributed by atoms with Crippen LogP contribution in [0, 0.1) is 5.82 Å². The second kappa shape index (κ2) is 8.23. The summed E-state index contributed by atoms with van der Waals surface area (Å²) in [5.41, 5.74) is -0.925. The van der Waals surface area contributed by atoms with E-state index in [0.29, 0.717) is 4.52 Å². The fourth-order valence-electron chi connectivity index (χ4n) is 3.20. The first-order valence-corrected chi connectivity index (χ1v) is 9.81. The number of rotatable bonds is 4. The third-order valence-electron chi connectivity index (χ3n) is 4.83. The average molecular weight is 463 g/mol. The summed E-state index contributed by atoms with van der Waals surface area (Å²) >= 11 is 6.25. The Balaban J connectivity index is 1.79. The Morgan fingerprint density at radius 2 is 1.75 bits per heavy atom. The van der Waals surface area contributed by atoms with Crippen LogP contribution in [0.15, 0.2) is 60.7 Å². The van der Waals surface area contributed by atoms with Gasteiger partial charge < -0.3 is 5.32 Å². The van der Waals surface area contributed by atoms with E-state index >= 15 is 0 Å². The zero-order valence-corrected chi connectivity index (χ0v) is 17.2. The summed E-state index contributed by atoms with van der Waals surface area (Å²) in [7, 11) is 0. The molecular formula is C22H15ClF4N4O. The molecule has 1 amide bonds. The van der Waals surface area contributed by atoms with E-state index in [1.165, 1.54) is 12.1 Å². The van der Waals surface area contributed by atoms with Gasteiger partial charge in [0.15, 0.2) is 17.0 Å². The maximum Gasteiger partial charge on any atom is 0.433 e. The lowest BCUT2D eigenvalue weighted by Crippen LogP contribution is -2.27. The summed E-state index contributed by atoms with van der Waals surface area (Å²) in [5.74, 6) is -1.28. The Morgan fingerprint density at radius 1 is 1.09 bits per heavy atom. The van der Waals surface area contributed by atoms with Crippen LogP contribution < -0.4 is 5.32 Å². The second-order valence-corrected chi connectivity index (χ2v) is 7.41. The maximum absolute atomic E-state index is 13.8. The van der Waals surface area contributed by atoms with Gasteiger partial charge in [-0.05, 0) is 42.8 Å². The van der Waals surface area contributed by atoms with Gasteiger partial charge in [-0.2, -0.15) is 18.3 Å². The van der Waals surface area contributed by atoms with Gasteiger partial charge in [0.05, 0.1) is 11.7 Å². The highest BCUT2D eigenvalue weighted by molar-refractivity contribution is 6.36. The molecule has 2 aromatic heterocycles. The minimum Gasteiger partial charge on any atom is -0.344 e. The van der Waals surface area contributed by atoms with Crippen LogP contribution in [0.25, 0.3) is 16.9 Å². The van der Waals surface area contributed by atoms with Gasteiger partial charge in [0.2, 0.25) is 0 Å². The number of aromatic nitrogens is 3. The van der Waals surface area contributed by atoms with Crippen molar-refractivity contribution in [3.8, 4) is 11.3 Å². The predicted molar refractivity (Wildman–Crippen MR) is 111 cm³/mol. The summed E-state index contributed by atoms with van der Waals surface area (Å²) in [6.07, 6.45) is -4.81. The van der Waals surface area contributed by atoms with Gasteiger partial charge in [-0.25, -0.2) is 13.9 Å². The second-order valence-electron chi connectivity index (χ2n) is 7.04. The van der Waals surface area contributed by atoms with Crippen molar-refractivity contribution in [3.63, 3.8) is 0 Å². The molecule has 1 N–H and O–H groups in total. The van der Waals surface area contributed by atoms with Gasteiger partial charge in [0.25, 0.3) is 5.91 Å². The lowest BCUT2D eigenvalue weighted by molar-refractivity contribution is -0.142. The number of fused-ring (bicyclic) bond motifs is 1. The molecule has 0 spiro atoms. The SMILES string of the molecule is CC(NC(=O)c1nn2c(C(F)(F)F)cc(-c3ccc(F)cc3)nc2c1Cl)c1ccccc1. The lowest BCUT2D eigenvalue weighted by atomic mass is 10.1. The molecule has 5 nitrogen and oxygen atoms in total. The van der Waals surface area contributed by atoms with Crippen molar-refractivity contribution in [1.29, 1.82) is 0 Å². The molecule has 0 saturated carbocycles. The van der Waals surface area contributed by atoms with E-state index in [1.807, 2.05) is 6.07 Å². The number of benzene rings is 2. The van der Waals surface area contributed by atoms with Crippen LogP contribution in [0.2, 0.25) is 5.02 Å². The molecular weight excluding hydrogens is 448 g/mol. The number of carbonyl (C=O) groups is 1. The minimum absolute atomic E-state index is 0.0868. The quantitative estimate of drug-likeness (QED) is 0.396. The molecule has 2 aromatic carbocycles. The largest absolute Gasteiger partial charge is 0.433 e. The zero-order chi connectivity index (χ0) is 23.0. The van der Waals surface area contributed by atoms with E-state index in [0.717, 1.165) is 23.8 Å². The number of halogens is 5. The fraction of sp³-hybridized carbons (Fsp3) is 0.136. The van der Waals surface area contributed by atoms with Crippen molar-refractivity contribution in [3.05, 3.63) is 88.5 Å². The van der Waals surface area contributed by atoms with Gasteiger partial charge in [-0.3, -0.25) is 4.79 Å². The highest BCUT2D eigenvalue weighted by Gasteiger charge is 2.36. The van der Waals surface area contributed by atoms with Gasteiger partial charge in [-0.1, -0.05) is 41.9 Å². The Hall–Kier alpha value is -3.46. The molecule has 1 unspecified atom stereocenters. The molecule has 0 aliphatic carbocycles. The molecule has 10 heteroatoms. The van der Waals surface area contributed by atoms with Crippen molar-refractivity contribution < 1.29 is 22.4 Å². The normalized spacial score (nSPS) is 12.7. The number of hydrogen-bond donors (Lipinski definition) is 1. The zero-order valence-electron chi connectivity index (χ0n) is 16.5. The molecule has 4 rings (SSSR count). The summed E-state index contributed by atoms with van der Waals surface area (Å²) < 4.78 is 55.0. The van der Waals surface area contributed by atoms with E-state index < -0.39 is 29.6 Å². The molecule has 1 atom stereocenters. The van der Waals surface area contributed by atoms with Crippen molar-refractivity contribution in [2.24, 2.45) is 0 Å². The number of carbonyl (C=O) groups excluding carboxylic acids is 1. The van der Waals surface area contributed by atoms with Crippen LogP contribution in [0.5, 0.6) is 0 Å². The molecule has 2 heterocycles. The summed E-state index contributed by atoms with van der Waals surface area (Å²) in [4.78, 5) is 16.9. The van der Waals surface area contributed by atoms with E-state index in [2.05, 4.69) is 15.4 Å². The van der Waals surface area contributed by atoms with Gasteiger partial charge in [-0.15, -0.1) is 0 Å². The number of nitrogens with zero attached hydrogens (tertiary/aromatic N) is 3. The molecule has 0 saturated heterocycles. The first kappa shape index (κ1) is 21.8. The first-order valence-electron chi connectivity index (χ1n) is 9.43. The van der Waals surface area contributed by atoms with Crippen molar-refractivity contribution in [2.75, 3.05) is 0 Å². The number of nitrogens with one attached hydrogen (secondary N) is 1. The van der Waals surface area contributed by atoms with E-state index in [-0.39, 0.29) is 27.6 Å². The van der Waals surface area contributed by atoms with Crippen LogP contribution in [0.4, 0.5) is 17.6 Å². The molecule has 164 valence electrons. The molecule has 0 bridgehead atoms. The Kier molecular flexibility index (Phi) is 5.60. The van der Waals surface area contributed by atoms with Crippen LogP contribution in [0.1, 0.15) is 34.7 Å². The lowest BCUT2D eigenvalue weighted by Gasteiger charge is -2.13. The fourth-order valence-corrected chi connectivity index (χ4v) is 3.44. The molecule has 0 radical (unpaired) electrons. The van der Waals surface area contributed by atoms with E-state index in [4.69, 9.17) is 11.6 Å². The summed E-state index contributed by atoms with van der Waals surface area (Å²) in [5, 5.41) is 6.16. The minimum atomic E-state index is -4.81. The standard InChI is InChI=1S/C22H15ClF4N4O/c1-12(13-5-3-2-4-6-13)28-21(32)19-18(23)20-29-16(14-7-9-15(24)10-8-14)11-17(22(25,26)27)31(20)30-19/h2-12H,1H3,(H,28,32). The molecule has 32 heavy (non-hydrogen) atoms. The van der Waals surface area contributed by atoms with Crippen molar-refractivity contribution in [1.82, 2.24) is 19.9 Å². The first-order chi connectivity index (χ1) is 15.1. The predicted octanol–water partition coefficient (Wildman–Crippen LogP) is 5.70. The smallest absolute Gasteiger partial charge is 0.344 e. The third kappa shape index (κ3) is 4.16. The summed E-state index contributed by atoms with van der Waals surface area (Å²) in [6.45, 7) is 1.73. The van der Waals surface area contributed by atoms with Crippen LogP contribution >= 0.6 is 11.6 Å². The summed E-state index contributed by atoms with van der Waals surface area (Å²) in [6, 6.07) is 14.2. The maximum atomic E-state index is 13.8. The van der Waals surface area contributed by atoms with Crippen LogP contribution in [0.3, 0.4) is 0 Å². The topological polar surface area (TPSA) is 59.3 Å². The number of hydrogen-bond acceptors (Lipinski definition) is 3. The van der Waals surface area contributed by atoms with Gasteiger partial charge >= 0.3 is 6.18 Å². The average Bonchev–Trinajstić information content (AvgIpc) is 3.10. The number of alkyl halides is 3. The van der Waals surface area contributed by atoms with E-state index in [1.54, 1.807) is 31.2 Å². The third-order valence-corrected chi connectivity index (χ3v) is 5.17. The molecule has 0 aliphatic rings. The number of amides is 1. The van der Waals surface area contributed by atoms with Gasteiger partial charge in [0, 0.05) is 5.56 Å². The van der Waals surface area contributed by atoms with Crippen LogP contribution in [-0.4, -0.2) is 20.5 Å². The Bertz CT molecular complexity index is 1290. The Morgan fingerprint density at radius 3 is 2.38 bits per heavy atom.